The molecule has 0 aliphatic heterocycles. The largest absolute Gasteiger partial charge is 0.496 e. The lowest BCUT2D eigenvalue weighted by molar-refractivity contribution is -0.131. The maximum Gasteiger partial charge on any atom is 0.284 e. The summed E-state index contributed by atoms with van der Waals surface area (Å²) in [4.78, 5) is 21.0. The first-order valence-electron chi connectivity index (χ1n) is 5.68. The minimum atomic E-state index is -0.639. The van der Waals surface area contributed by atoms with Gasteiger partial charge < -0.3 is 19.5 Å². The normalized spacial score (nSPS) is 9.63. The summed E-state index contributed by atoms with van der Waals surface area (Å²) in [6.07, 6.45) is 0.759. The van der Waals surface area contributed by atoms with E-state index in [9.17, 15) is 9.59 Å². The third-order valence-corrected chi connectivity index (χ3v) is 2.59. The smallest absolute Gasteiger partial charge is 0.284 e. The molecule has 0 fully saturated rings. The maximum atomic E-state index is 10.8. The highest BCUT2D eigenvalue weighted by Crippen LogP contribution is 2.34. The number of benzene rings is 1. The van der Waals surface area contributed by atoms with Gasteiger partial charge in [-0.05, 0) is 18.1 Å². The number of hydrogen-bond donors (Lipinski definition) is 1. The van der Waals surface area contributed by atoms with Gasteiger partial charge >= 0.3 is 0 Å². The van der Waals surface area contributed by atoms with Crippen LogP contribution in [0.1, 0.15) is 5.56 Å². The van der Waals surface area contributed by atoms with Gasteiger partial charge in [0.05, 0.1) is 21.3 Å². The Balaban J connectivity index is 2.86. The predicted molar refractivity (Wildman–Crippen MR) is 68.9 cm³/mol. The Morgan fingerprint density at radius 1 is 1.11 bits per heavy atom. The number of aldehydes is 1. The van der Waals surface area contributed by atoms with Gasteiger partial charge in [0, 0.05) is 12.6 Å². The zero-order valence-electron chi connectivity index (χ0n) is 11.2. The molecule has 0 aliphatic carbocycles. The van der Waals surface area contributed by atoms with Crippen molar-refractivity contribution in [1.82, 2.24) is 5.32 Å². The Hall–Kier alpha value is -2.24. The molecule has 19 heavy (non-hydrogen) atoms. The molecule has 0 unspecified atom stereocenters. The molecule has 0 saturated heterocycles. The average molecular weight is 267 g/mol. The van der Waals surface area contributed by atoms with Crippen LogP contribution in [0.5, 0.6) is 17.2 Å². The van der Waals surface area contributed by atoms with E-state index in [2.05, 4.69) is 5.32 Å². The van der Waals surface area contributed by atoms with Crippen molar-refractivity contribution in [3.63, 3.8) is 0 Å². The number of ether oxygens (including phenoxy) is 3. The molecule has 1 amide bonds. The predicted octanol–water partition coefficient (Wildman–Crippen LogP) is 0.570. The molecule has 0 saturated carbocycles. The van der Waals surface area contributed by atoms with Gasteiger partial charge in [0.2, 0.25) is 6.29 Å². The van der Waals surface area contributed by atoms with Crippen molar-refractivity contribution in [2.45, 2.75) is 6.42 Å². The van der Waals surface area contributed by atoms with Gasteiger partial charge in [-0.2, -0.15) is 0 Å². The summed E-state index contributed by atoms with van der Waals surface area (Å²) in [5.74, 6) is 1.15. The number of carbonyl (C=O) groups is 2. The molecule has 0 heterocycles. The van der Waals surface area contributed by atoms with Crippen LogP contribution in [0.4, 0.5) is 0 Å². The molecule has 104 valence electrons. The van der Waals surface area contributed by atoms with Crippen molar-refractivity contribution in [1.29, 1.82) is 0 Å². The highest BCUT2D eigenvalue weighted by atomic mass is 16.5. The van der Waals surface area contributed by atoms with E-state index in [1.54, 1.807) is 33.5 Å². The van der Waals surface area contributed by atoms with E-state index in [1.807, 2.05) is 0 Å². The number of amides is 1. The van der Waals surface area contributed by atoms with Gasteiger partial charge in [-0.15, -0.1) is 0 Å². The van der Waals surface area contributed by atoms with E-state index in [-0.39, 0.29) is 6.29 Å². The van der Waals surface area contributed by atoms with Crippen molar-refractivity contribution in [3.8, 4) is 17.2 Å². The van der Waals surface area contributed by atoms with Gasteiger partial charge in [0.15, 0.2) is 11.5 Å². The molecular weight excluding hydrogens is 250 g/mol. The second-order valence-corrected chi connectivity index (χ2v) is 3.68. The Labute approximate surface area is 111 Å². The number of carbonyl (C=O) groups excluding carboxylic acids is 2. The topological polar surface area (TPSA) is 73.9 Å². The molecule has 0 spiro atoms. The Bertz CT molecular complexity index is 459. The summed E-state index contributed by atoms with van der Waals surface area (Å²) in [6.45, 7) is 0.337. The van der Waals surface area contributed by atoms with Crippen LogP contribution in [-0.4, -0.2) is 40.1 Å². The van der Waals surface area contributed by atoms with Crippen molar-refractivity contribution >= 4 is 12.2 Å². The van der Waals surface area contributed by atoms with Crippen LogP contribution in [0.15, 0.2) is 12.1 Å². The minimum absolute atomic E-state index is 0.242. The van der Waals surface area contributed by atoms with Crippen LogP contribution in [0.25, 0.3) is 0 Å². The molecular formula is C13H17NO5. The fourth-order valence-electron chi connectivity index (χ4n) is 1.65. The van der Waals surface area contributed by atoms with Crippen LogP contribution in [0, 0.1) is 0 Å². The number of nitrogens with one attached hydrogen (secondary N) is 1. The summed E-state index contributed by atoms with van der Waals surface area (Å²) in [6, 6.07) is 3.50. The van der Waals surface area contributed by atoms with Gasteiger partial charge in [-0.1, -0.05) is 0 Å². The molecule has 1 aromatic carbocycles. The number of methoxy groups -OCH3 is 3. The molecule has 0 atom stereocenters. The molecule has 0 bridgehead atoms. The molecule has 1 N–H and O–H groups in total. The van der Waals surface area contributed by atoms with Crippen molar-refractivity contribution in [2.24, 2.45) is 0 Å². The molecule has 0 aromatic heterocycles. The lowest BCUT2D eigenvalue weighted by Gasteiger charge is -2.14. The van der Waals surface area contributed by atoms with Crippen LogP contribution >= 0.6 is 0 Å². The average Bonchev–Trinajstić information content (AvgIpc) is 2.46. The fourth-order valence-corrected chi connectivity index (χ4v) is 1.65. The van der Waals surface area contributed by atoms with E-state index in [1.165, 1.54) is 0 Å². The zero-order chi connectivity index (χ0) is 14.3. The minimum Gasteiger partial charge on any atom is -0.496 e. The molecule has 0 aliphatic rings. The second kappa shape index (κ2) is 7.25. The van der Waals surface area contributed by atoms with Crippen molar-refractivity contribution in [3.05, 3.63) is 17.7 Å². The molecule has 6 heteroatoms. The molecule has 1 aromatic rings. The zero-order valence-corrected chi connectivity index (χ0v) is 11.2. The van der Waals surface area contributed by atoms with E-state index in [4.69, 9.17) is 14.2 Å². The van der Waals surface area contributed by atoms with Crippen LogP contribution in [-0.2, 0) is 16.0 Å². The highest BCUT2D eigenvalue weighted by Gasteiger charge is 2.11. The third-order valence-electron chi connectivity index (χ3n) is 2.59. The fraction of sp³-hybridized carbons (Fsp3) is 0.385. The number of rotatable bonds is 7. The summed E-state index contributed by atoms with van der Waals surface area (Å²) in [7, 11) is 4.64. The molecule has 6 nitrogen and oxygen atoms in total. The number of hydrogen-bond acceptors (Lipinski definition) is 5. The first-order valence-corrected chi connectivity index (χ1v) is 5.68. The van der Waals surface area contributed by atoms with Crippen LogP contribution < -0.4 is 19.5 Å². The Morgan fingerprint density at radius 2 is 1.68 bits per heavy atom. The lowest BCUT2D eigenvalue weighted by Crippen LogP contribution is -2.26. The Kier molecular flexibility index (Phi) is 5.66. The molecule has 1 rings (SSSR count). The lowest BCUT2D eigenvalue weighted by atomic mass is 10.1. The first kappa shape index (κ1) is 14.8. The third kappa shape index (κ3) is 3.87. The maximum absolute atomic E-state index is 10.8. The van der Waals surface area contributed by atoms with Gasteiger partial charge in [-0.25, -0.2) is 0 Å². The van der Waals surface area contributed by atoms with Gasteiger partial charge in [-0.3, -0.25) is 9.59 Å². The first-order chi connectivity index (χ1) is 9.15. The van der Waals surface area contributed by atoms with E-state index in [0.29, 0.717) is 30.2 Å². The summed E-state index contributed by atoms with van der Waals surface area (Å²) in [5, 5.41) is 2.46. The quantitative estimate of drug-likeness (QED) is 0.577. The van der Waals surface area contributed by atoms with E-state index in [0.717, 1.165) is 5.56 Å². The van der Waals surface area contributed by atoms with E-state index < -0.39 is 5.91 Å². The monoisotopic (exact) mass is 267 g/mol. The van der Waals surface area contributed by atoms with E-state index >= 15 is 0 Å². The standard InChI is InChI=1S/C13H17NO5/c1-17-10-7-12(19-3)11(18-2)6-9(10)4-5-14-13(16)8-15/h6-8H,4-5H2,1-3H3,(H,14,16). The summed E-state index contributed by atoms with van der Waals surface area (Å²) >= 11 is 0. The Morgan fingerprint density at radius 3 is 2.21 bits per heavy atom. The molecule has 0 radical (unpaired) electrons. The van der Waals surface area contributed by atoms with Gasteiger partial charge in [0.1, 0.15) is 5.75 Å². The van der Waals surface area contributed by atoms with Gasteiger partial charge in [0.25, 0.3) is 5.91 Å². The van der Waals surface area contributed by atoms with Crippen LogP contribution in [0.2, 0.25) is 0 Å². The van der Waals surface area contributed by atoms with Crippen molar-refractivity contribution in [2.75, 3.05) is 27.9 Å². The SMILES string of the molecule is COc1cc(OC)c(OC)cc1CCNC(=O)C=O. The van der Waals surface area contributed by atoms with Crippen LogP contribution in [0.3, 0.4) is 0 Å². The highest BCUT2D eigenvalue weighted by molar-refractivity contribution is 6.23. The summed E-state index contributed by atoms with van der Waals surface area (Å²) < 4.78 is 15.6. The second-order valence-electron chi connectivity index (χ2n) is 3.68. The summed E-state index contributed by atoms with van der Waals surface area (Å²) in [5.41, 5.74) is 0.853. The van der Waals surface area contributed by atoms with Crippen molar-refractivity contribution < 1.29 is 23.8 Å².